The lowest BCUT2D eigenvalue weighted by molar-refractivity contribution is -0.114. The van der Waals surface area contributed by atoms with E-state index in [1.165, 1.54) is 24.5 Å². The van der Waals surface area contributed by atoms with Gasteiger partial charge in [-0.2, -0.15) is 0 Å². The van der Waals surface area contributed by atoms with Crippen LogP contribution in [0.2, 0.25) is 0 Å². The monoisotopic (exact) mass is 194 g/mol. The molecule has 74 valence electrons. The molecule has 1 aromatic rings. The number of carbonyl (C=O) groups is 2. The van der Waals surface area contributed by atoms with Gasteiger partial charge < -0.3 is 5.32 Å². The third-order valence-electron chi connectivity index (χ3n) is 1.55. The highest BCUT2D eigenvalue weighted by Gasteiger charge is 2.04. The van der Waals surface area contributed by atoms with E-state index in [0.29, 0.717) is 5.69 Å². The number of hydrogen-bond donors (Lipinski definition) is 3. The fraction of sp³-hybridized carbons (Fsp3) is 0.111. The van der Waals surface area contributed by atoms with Gasteiger partial charge in [0.2, 0.25) is 5.91 Å². The van der Waals surface area contributed by atoms with E-state index < -0.39 is 5.91 Å². The first-order chi connectivity index (χ1) is 6.63. The summed E-state index contributed by atoms with van der Waals surface area (Å²) in [6.07, 6.45) is 0. The number of anilines is 1. The third kappa shape index (κ3) is 2.56. The first-order valence-corrected chi connectivity index (χ1v) is 3.95. The second-order valence-corrected chi connectivity index (χ2v) is 2.70. The minimum Gasteiger partial charge on any atom is -0.326 e. The summed E-state index contributed by atoms with van der Waals surface area (Å²) in [4.78, 5) is 21.7. The Hall–Kier alpha value is -1.88. The summed E-state index contributed by atoms with van der Waals surface area (Å²) >= 11 is 0. The Kier molecular flexibility index (Phi) is 3.19. The van der Waals surface area contributed by atoms with Crippen LogP contribution in [-0.4, -0.2) is 17.0 Å². The topological polar surface area (TPSA) is 78.4 Å². The fourth-order valence-electron chi connectivity index (χ4n) is 1.01. The van der Waals surface area contributed by atoms with Crippen molar-refractivity contribution < 1.29 is 14.8 Å². The Labute approximate surface area is 80.7 Å². The zero-order valence-corrected chi connectivity index (χ0v) is 7.57. The van der Waals surface area contributed by atoms with Crippen LogP contribution < -0.4 is 10.8 Å². The third-order valence-corrected chi connectivity index (χ3v) is 1.55. The highest BCUT2D eigenvalue weighted by molar-refractivity contribution is 5.96. The summed E-state index contributed by atoms with van der Waals surface area (Å²) in [7, 11) is 0. The molecule has 5 nitrogen and oxygen atoms in total. The number of nitrogens with one attached hydrogen (secondary N) is 2. The van der Waals surface area contributed by atoms with E-state index in [0.717, 1.165) is 0 Å². The highest BCUT2D eigenvalue weighted by Crippen LogP contribution is 2.10. The summed E-state index contributed by atoms with van der Waals surface area (Å²) in [5.41, 5.74) is 2.30. The molecule has 0 radical (unpaired) electrons. The van der Waals surface area contributed by atoms with Crippen LogP contribution in [0, 0.1) is 0 Å². The van der Waals surface area contributed by atoms with Crippen LogP contribution in [0.25, 0.3) is 0 Å². The molecule has 2 amide bonds. The van der Waals surface area contributed by atoms with E-state index in [2.05, 4.69) is 5.32 Å². The maximum absolute atomic E-state index is 11.0. The molecule has 5 heteroatoms. The number of hydroxylamine groups is 1. The van der Waals surface area contributed by atoms with Crippen molar-refractivity contribution >= 4 is 17.5 Å². The molecule has 0 saturated heterocycles. The Morgan fingerprint density at radius 1 is 1.36 bits per heavy atom. The maximum Gasteiger partial charge on any atom is 0.274 e. The Balaban J connectivity index is 2.89. The van der Waals surface area contributed by atoms with Gasteiger partial charge in [-0.3, -0.25) is 14.8 Å². The van der Waals surface area contributed by atoms with E-state index in [-0.39, 0.29) is 11.5 Å². The molecule has 3 N–H and O–H groups in total. The van der Waals surface area contributed by atoms with Crippen molar-refractivity contribution in [2.45, 2.75) is 6.92 Å². The quantitative estimate of drug-likeness (QED) is 0.480. The normalized spacial score (nSPS) is 9.29. The van der Waals surface area contributed by atoms with Gasteiger partial charge in [-0.25, -0.2) is 5.48 Å². The van der Waals surface area contributed by atoms with Gasteiger partial charge in [-0.1, -0.05) is 6.07 Å². The van der Waals surface area contributed by atoms with Crippen molar-refractivity contribution in [2.75, 3.05) is 5.32 Å². The number of benzene rings is 1. The van der Waals surface area contributed by atoms with E-state index in [1.54, 1.807) is 12.1 Å². The van der Waals surface area contributed by atoms with Crippen molar-refractivity contribution in [1.82, 2.24) is 5.48 Å². The van der Waals surface area contributed by atoms with E-state index >= 15 is 0 Å². The molecule has 0 heterocycles. The maximum atomic E-state index is 11.0. The smallest absolute Gasteiger partial charge is 0.274 e. The molecule has 0 fully saturated rings. The molecule has 14 heavy (non-hydrogen) atoms. The number of rotatable bonds is 2. The molecule has 0 aliphatic rings. The van der Waals surface area contributed by atoms with Crippen molar-refractivity contribution in [3.8, 4) is 0 Å². The minimum atomic E-state index is -0.614. The lowest BCUT2D eigenvalue weighted by atomic mass is 10.2. The van der Waals surface area contributed by atoms with Crippen LogP contribution in [-0.2, 0) is 4.79 Å². The Morgan fingerprint density at radius 3 is 2.64 bits per heavy atom. The molecule has 1 rings (SSSR count). The molecule has 0 aliphatic carbocycles. The summed E-state index contributed by atoms with van der Waals surface area (Å²) in [6, 6.07) is 6.25. The molecular formula is C9H10N2O3. The summed E-state index contributed by atoms with van der Waals surface area (Å²) in [6.45, 7) is 1.37. The molecule has 1 aromatic carbocycles. The largest absolute Gasteiger partial charge is 0.326 e. The zero-order valence-electron chi connectivity index (χ0n) is 7.57. The van der Waals surface area contributed by atoms with Crippen LogP contribution >= 0.6 is 0 Å². The van der Waals surface area contributed by atoms with Gasteiger partial charge in [0.25, 0.3) is 5.91 Å². The second kappa shape index (κ2) is 4.38. The number of amides is 2. The first-order valence-electron chi connectivity index (χ1n) is 3.95. The summed E-state index contributed by atoms with van der Waals surface area (Å²) in [5.74, 6) is -0.830. The van der Waals surface area contributed by atoms with Crippen molar-refractivity contribution in [3.05, 3.63) is 29.8 Å². The Bertz CT molecular complexity index is 363. The van der Waals surface area contributed by atoms with Crippen molar-refractivity contribution in [1.29, 1.82) is 0 Å². The van der Waals surface area contributed by atoms with Crippen LogP contribution in [0.15, 0.2) is 24.3 Å². The van der Waals surface area contributed by atoms with Crippen LogP contribution in [0.1, 0.15) is 17.3 Å². The van der Waals surface area contributed by atoms with Gasteiger partial charge in [-0.05, 0) is 18.2 Å². The Morgan fingerprint density at radius 2 is 2.07 bits per heavy atom. The van der Waals surface area contributed by atoms with Gasteiger partial charge in [0.1, 0.15) is 0 Å². The van der Waals surface area contributed by atoms with Crippen LogP contribution in [0.5, 0.6) is 0 Å². The number of carbonyl (C=O) groups excluding carboxylic acids is 2. The SMILES string of the molecule is CC(=O)Nc1cccc(C(=O)NO)c1. The van der Waals surface area contributed by atoms with E-state index in [4.69, 9.17) is 5.21 Å². The molecule has 0 atom stereocenters. The van der Waals surface area contributed by atoms with Gasteiger partial charge in [0.05, 0.1) is 0 Å². The summed E-state index contributed by atoms with van der Waals surface area (Å²) in [5, 5.41) is 10.9. The second-order valence-electron chi connectivity index (χ2n) is 2.70. The lowest BCUT2D eigenvalue weighted by Gasteiger charge is -2.03. The summed E-state index contributed by atoms with van der Waals surface area (Å²) < 4.78 is 0. The van der Waals surface area contributed by atoms with Gasteiger partial charge in [-0.15, -0.1) is 0 Å². The lowest BCUT2D eigenvalue weighted by Crippen LogP contribution is -2.18. The first kappa shape index (κ1) is 10.2. The molecule has 0 unspecified atom stereocenters. The molecule has 0 aromatic heterocycles. The van der Waals surface area contributed by atoms with Crippen molar-refractivity contribution in [2.24, 2.45) is 0 Å². The average molecular weight is 194 g/mol. The highest BCUT2D eigenvalue weighted by atomic mass is 16.5. The van der Waals surface area contributed by atoms with Crippen LogP contribution in [0.4, 0.5) is 5.69 Å². The number of hydrogen-bond acceptors (Lipinski definition) is 3. The fourth-order valence-corrected chi connectivity index (χ4v) is 1.01. The zero-order chi connectivity index (χ0) is 10.6. The van der Waals surface area contributed by atoms with Gasteiger partial charge in [0, 0.05) is 18.2 Å². The minimum absolute atomic E-state index is 0.216. The standard InChI is InChI=1S/C9H10N2O3/c1-6(12)10-8-4-2-3-7(5-8)9(13)11-14/h2-5,14H,1H3,(H,10,12)(H,11,13). The van der Waals surface area contributed by atoms with E-state index in [1.807, 2.05) is 0 Å². The molecular weight excluding hydrogens is 184 g/mol. The van der Waals surface area contributed by atoms with Crippen LogP contribution in [0.3, 0.4) is 0 Å². The molecule has 0 spiro atoms. The molecule has 0 saturated carbocycles. The predicted molar refractivity (Wildman–Crippen MR) is 50.0 cm³/mol. The van der Waals surface area contributed by atoms with Crippen molar-refractivity contribution in [3.63, 3.8) is 0 Å². The molecule has 0 aliphatic heterocycles. The van der Waals surface area contributed by atoms with E-state index in [9.17, 15) is 9.59 Å². The predicted octanol–water partition coefficient (Wildman–Crippen LogP) is 0.764. The van der Waals surface area contributed by atoms with Gasteiger partial charge >= 0.3 is 0 Å². The van der Waals surface area contributed by atoms with Gasteiger partial charge in [0.15, 0.2) is 0 Å². The average Bonchev–Trinajstić information content (AvgIpc) is 2.16. The molecule has 0 bridgehead atoms.